The van der Waals surface area contributed by atoms with E-state index in [0.29, 0.717) is 18.3 Å². The van der Waals surface area contributed by atoms with Gasteiger partial charge in [0.25, 0.3) is 0 Å². The highest BCUT2D eigenvalue weighted by Gasteiger charge is 2.43. The number of carbonyl (C=O) groups is 1. The van der Waals surface area contributed by atoms with Crippen LogP contribution in [0.25, 0.3) is 0 Å². The highest BCUT2D eigenvalue weighted by molar-refractivity contribution is 6.74. The molecule has 2 aliphatic rings. The molecule has 0 radical (unpaired) electrons. The average Bonchev–Trinajstić information content (AvgIpc) is 3.11. The molecule has 1 heterocycles. The molecule has 0 bridgehead atoms. The molecule has 2 rings (SSSR count). The van der Waals surface area contributed by atoms with Gasteiger partial charge >= 0.3 is 5.97 Å². The monoisotopic (exact) mass is 454 g/mol. The lowest BCUT2D eigenvalue weighted by atomic mass is 9.86. The topological polar surface area (TPSA) is 54.0 Å². The predicted octanol–water partition coefficient (Wildman–Crippen LogP) is 6.24. The number of carbonyl (C=O) groups excluding carboxylic acids is 1. The third-order valence-corrected chi connectivity index (χ3v) is 12.0. The number of ether oxygens (including phenoxy) is 3. The summed E-state index contributed by atoms with van der Waals surface area (Å²) >= 11 is 0. The first-order valence-corrected chi connectivity index (χ1v) is 15.1. The lowest BCUT2D eigenvalue weighted by Crippen LogP contribution is -2.44. The first-order valence-electron chi connectivity index (χ1n) is 12.2. The van der Waals surface area contributed by atoms with Crippen molar-refractivity contribution in [1.82, 2.24) is 0 Å². The van der Waals surface area contributed by atoms with Crippen LogP contribution in [0.2, 0.25) is 18.1 Å². The minimum Gasteiger partial charge on any atom is -0.469 e. The van der Waals surface area contributed by atoms with E-state index in [4.69, 9.17) is 18.6 Å². The molecule has 0 aromatic heterocycles. The smallest absolute Gasteiger partial charge is 0.305 e. The Hall–Kier alpha value is -0.693. The molecule has 5 nitrogen and oxygen atoms in total. The van der Waals surface area contributed by atoms with E-state index in [9.17, 15) is 4.79 Å². The van der Waals surface area contributed by atoms with Gasteiger partial charge in [0.1, 0.15) is 0 Å². The maximum atomic E-state index is 11.4. The Kier molecular flexibility index (Phi) is 10.2. The number of hydrogen-bond donors (Lipinski definition) is 0. The summed E-state index contributed by atoms with van der Waals surface area (Å²) in [5.41, 5.74) is 1.28. The van der Waals surface area contributed by atoms with E-state index in [-0.39, 0.29) is 23.4 Å². The molecular formula is C25H46O5Si. The zero-order valence-corrected chi connectivity index (χ0v) is 21.8. The van der Waals surface area contributed by atoms with Gasteiger partial charge in [-0.2, -0.15) is 0 Å². The van der Waals surface area contributed by atoms with Gasteiger partial charge in [-0.05, 0) is 75.4 Å². The summed E-state index contributed by atoms with van der Waals surface area (Å²) in [6, 6.07) is 0. The Morgan fingerprint density at radius 2 is 1.81 bits per heavy atom. The zero-order valence-electron chi connectivity index (χ0n) is 20.8. The molecule has 0 N–H and O–H groups in total. The molecule has 0 amide bonds. The third kappa shape index (κ3) is 7.99. The minimum absolute atomic E-state index is 0.0683. The Morgan fingerprint density at radius 3 is 2.42 bits per heavy atom. The van der Waals surface area contributed by atoms with Crippen molar-refractivity contribution in [3.8, 4) is 0 Å². The zero-order chi connectivity index (χ0) is 23.1. The molecular weight excluding hydrogens is 408 g/mol. The van der Waals surface area contributed by atoms with Crippen molar-refractivity contribution in [2.45, 2.75) is 109 Å². The van der Waals surface area contributed by atoms with Crippen LogP contribution < -0.4 is 0 Å². The van der Waals surface area contributed by atoms with Crippen molar-refractivity contribution in [2.75, 3.05) is 20.3 Å². The maximum Gasteiger partial charge on any atom is 0.305 e. The normalized spacial score (nSPS) is 27.3. The summed E-state index contributed by atoms with van der Waals surface area (Å²) in [4.78, 5) is 11.4. The number of rotatable bonds is 11. The van der Waals surface area contributed by atoms with E-state index in [2.05, 4.69) is 40.4 Å². The van der Waals surface area contributed by atoms with Crippen LogP contribution in [-0.4, -0.2) is 47.0 Å². The highest BCUT2D eigenvalue weighted by atomic mass is 28.4. The SMILES string of the molecule is C=C(CCCCC(=O)OC)C1CCC(OC2CCCCO2)C1CO[Si](C)(C)C(C)(C)C. The van der Waals surface area contributed by atoms with Gasteiger partial charge < -0.3 is 18.6 Å². The summed E-state index contributed by atoms with van der Waals surface area (Å²) in [7, 11) is -0.387. The number of esters is 1. The van der Waals surface area contributed by atoms with Crippen molar-refractivity contribution in [3.63, 3.8) is 0 Å². The fraction of sp³-hybridized carbons (Fsp3) is 0.880. The van der Waals surface area contributed by atoms with Crippen LogP contribution >= 0.6 is 0 Å². The van der Waals surface area contributed by atoms with Crippen molar-refractivity contribution in [1.29, 1.82) is 0 Å². The second kappa shape index (κ2) is 12.0. The average molecular weight is 455 g/mol. The summed E-state index contributed by atoms with van der Waals surface area (Å²) in [6.07, 6.45) is 8.79. The van der Waals surface area contributed by atoms with Crippen molar-refractivity contribution in [3.05, 3.63) is 12.2 Å². The van der Waals surface area contributed by atoms with Crippen molar-refractivity contribution >= 4 is 14.3 Å². The van der Waals surface area contributed by atoms with Crippen LogP contribution in [0.4, 0.5) is 0 Å². The molecule has 180 valence electrons. The molecule has 31 heavy (non-hydrogen) atoms. The molecule has 1 aliphatic heterocycles. The lowest BCUT2D eigenvalue weighted by Gasteiger charge is -2.39. The Bertz CT molecular complexity index is 577. The fourth-order valence-corrected chi connectivity index (χ4v) is 5.42. The minimum atomic E-state index is -1.83. The van der Waals surface area contributed by atoms with Crippen molar-refractivity contribution in [2.24, 2.45) is 11.8 Å². The number of methoxy groups -OCH3 is 1. The second-order valence-electron chi connectivity index (χ2n) is 10.8. The molecule has 1 aliphatic carbocycles. The first kappa shape index (κ1) is 26.6. The Morgan fingerprint density at radius 1 is 1.10 bits per heavy atom. The quantitative estimate of drug-likeness (QED) is 0.160. The van der Waals surface area contributed by atoms with Gasteiger partial charge in [0.05, 0.1) is 13.2 Å². The van der Waals surface area contributed by atoms with Gasteiger partial charge in [0, 0.05) is 25.6 Å². The highest BCUT2D eigenvalue weighted by Crippen LogP contribution is 2.43. The Labute approximate surface area is 191 Å². The first-order chi connectivity index (χ1) is 14.5. The molecule has 0 aromatic rings. The summed E-state index contributed by atoms with van der Waals surface area (Å²) in [6.45, 7) is 17.5. The lowest BCUT2D eigenvalue weighted by molar-refractivity contribution is -0.197. The van der Waals surface area contributed by atoms with Crippen LogP contribution in [-0.2, 0) is 23.4 Å². The molecule has 4 unspecified atom stereocenters. The maximum absolute atomic E-state index is 11.4. The van der Waals surface area contributed by atoms with Gasteiger partial charge in [0.2, 0.25) is 0 Å². The number of hydrogen-bond acceptors (Lipinski definition) is 5. The van der Waals surface area contributed by atoms with E-state index in [1.807, 2.05) is 0 Å². The van der Waals surface area contributed by atoms with Crippen LogP contribution in [0.5, 0.6) is 0 Å². The molecule has 1 saturated carbocycles. The van der Waals surface area contributed by atoms with Crippen LogP contribution in [0.15, 0.2) is 12.2 Å². The fourth-order valence-electron chi connectivity index (χ4n) is 4.37. The van der Waals surface area contributed by atoms with Gasteiger partial charge in [-0.3, -0.25) is 4.79 Å². The van der Waals surface area contributed by atoms with E-state index in [0.717, 1.165) is 58.2 Å². The van der Waals surface area contributed by atoms with E-state index < -0.39 is 8.32 Å². The molecule has 2 fully saturated rings. The van der Waals surface area contributed by atoms with Crippen LogP contribution in [0.3, 0.4) is 0 Å². The summed E-state index contributed by atoms with van der Waals surface area (Å²) in [5, 5.41) is 0.189. The van der Waals surface area contributed by atoms with E-state index >= 15 is 0 Å². The molecule has 4 atom stereocenters. The summed E-state index contributed by atoms with van der Waals surface area (Å²) < 4.78 is 23.8. The standard InChI is InChI=1S/C25H46O5Si/c1-19(12-8-9-13-23(26)27-5)20-15-16-22(30-24-14-10-11-17-28-24)21(20)18-29-31(6,7)25(2,3)4/h20-22,24H,1,8-18H2,2-7H3. The molecule has 0 aromatic carbocycles. The number of allylic oxidation sites excluding steroid dienone is 1. The van der Waals surface area contributed by atoms with E-state index in [1.165, 1.54) is 19.1 Å². The van der Waals surface area contributed by atoms with Gasteiger partial charge in [0.15, 0.2) is 14.6 Å². The van der Waals surface area contributed by atoms with Crippen LogP contribution in [0, 0.1) is 11.8 Å². The number of unbranched alkanes of at least 4 members (excludes halogenated alkanes) is 1. The second-order valence-corrected chi connectivity index (χ2v) is 15.6. The van der Waals surface area contributed by atoms with Crippen molar-refractivity contribution < 1.29 is 23.4 Å². The molecule has 1 saturated heterocycles. The predicted molar refractivity (Wildman–Crippen MR) is 127 cm³/mol. The van der Waals surface area contributed by atoms with Gasteiger partial charge in [-0.15, -0.1) is 0 Å². The molecule has 6 heteroatoms. The van der Waals surface area contributed by atoms with Gasteiger partial charge in [-0.1, -0.05) is 32.9 Å². The van der Waals surface area contributed by atoms with Crippen LogP contribution in [0.1, 0.15) is 78.6 Å². The van der Waals surface area contributed by atoms with E-state index in [1.54, 1.807) is 0 Å². The Balaban J connectivity index is 1.99. The largest absolute Gasteiger partial charge is 0.469 e. The third-order valence-electron chi connectivity index (χ3n) is 7.54. The molecule has 0 spiro atoms. The van der Waals surface area contributed by atoms with Gasteiger partial charge in [-0.25, -0.2) is 0 Å². The summed E-state index contributed by atoms with van der Waals surface area (Å²) in [5.74, 6) is 0.609.